The van der Waals surface area contributed by atoms with E-state index in [1.165, 1.54) is 25.7 Å². The second kappa shape index (κ2) is 7.41. The lowest BCUT2D eigenvalue weighted by atomic mass is 9.64. The van der Waals surface area contributed by atoms with Gasteiger partial charge in [0.2, 0.25) is 11.9 Å². The highest BCUT2D eigenvalue weighted by molar-refractivity contribution is 7.98. The predicted octanol–water partition coefficient (Wildman–Crippen LogP) is 2.53. The van der Waals surface area contributed by atoms with Crippen LogP contribution in [0.25, 0.3) is 0 Å². The highest BCUT2D eigenvalue weighted by atomic mass is 32.2. The molecular weight excluding hydrogens is 382 g/mol. The molecule has 4 saturated carbocycles. The topological polar surface area (TPSA) is 52.6 Å². The zero-order valence-corrected chi connectivity index (χ0v) is 17.8. The summed E-state index contributed by atoms with van der Waals surface area (Å²) in [4.78, 5) is 26.6. The summed E-state index contributed by atoms with van der Waals surface area (Å²) in [5, 5.41) is 0.623. The summed E-state index contributed by atoms with van der Waals surface area (Å²) in [6, 6.07) is 1.87. The zero-order valence-electron chi connectivity index (χ0n) is 17.0. The Morgan fingerprint density at radius 3 is 2.48 bits per heavy atom. The molecule has 0 N–H and O–H groups in total. The van der Waals surface area contributed by atoms with Gasteiger partial charge >= 0.3 is 0 Å². The summed E-state index contributed by atoms with van der Waals surface area (Å²) in [6.45, 7) is 6.23. The Bertz CT molecular complexity index is 755. The summed E-state index contributed by atoms with van der Waals surface area (Å²) < 4.78 is 2.16. The Hall–Kier alpha value is -1.34. The fourth-order valence-corrected chi connectivity index (χ4v) is 8.31. The van der Waals surface area contributed by atoms with Gasteiger partial charge in [0.25, 0.3) is 0 Å². The van der Waals surface area contributed by atoms with Gasteiger partial charge in [0.15, 0.2) is 0 Å². The van der Waals surface area contributed by atoms with Crippen molar-refractivity contribution in [2.45, 2.75) is 37.4 Å². The van der Waals surface area contributed by atoms with Crippen LogP contribution in [-0.4, -0.2) is 69.6 Å². The Balaban J connectivity index is 0.941. The minimum atomic E-state index is 0.371. The number of piperazine rings is 1. The van der Waals surface area contributed by atoms with Gasteiger partial charge in [-0.1, -0.05) is 0 Å². The Morgan fingerprint density at radius 1 is 0.931 bits per heavy atom. The lowest BCUT2D eigenvalue weighted by Gasteiger charge is -2.42. The van der Waals surface area contributed by atoms with Crippen molar-refractivity contribution < 1.29 is 4.79 Å². The van der Waals surface area contributed by atoms with Crippen LogP contribution in [0, 0.1) is 29.6 Å². The van der Waals surface area contributed by atoms with Crippen LogP contribution in [0.4, 0.5) is 5.95 Å². The maximum atomic E-state index is 13.0. The van der Waals surface area contributed by atoms with Crippen LogP contribution < -0.4 is 4.90 Å². The smallest absolute Gasteiger partial charge is 0.237 e. The van der Waals surface area contributed by atoms with Crippen LogP contribution in [0.5, 0.6) is 0 Å². The van der Waals surface area contributed by atoms with Crippen molar-refractivity contribution in [2.75, 3.05) is 44.2 Å². The summed E-state index contributed by atoms with van der Waals surface area (Å²) in [5.41, 5.74) is 0. The van der Waals surface area contributed by atoms with Crippen LogP contribution in [0.15, 0.2) is 18.5 Å². The highest BCUT2D eigenvalue weighted by Crippen LogP contribution is 2.68. The number of nitrogens with zero attached hydrogens (tertiary/aromatic N) is 5. The molecule has 3 heterocycles. The lowest BCUT2D eigenvalue weighted by molar-refractivity contribution is -0.133. The average molecular weight is 414 g/mol. The van der Waals surface area contributed by atoms with Crippen molar-refractivity contribution in [3.05, 3.63) is 18.5 Å². The summed E-state index contributed by atoms with van der Waals surface area (Å²) in [7, 11) is 0. The fourth-order valence-electron chi connectivity index (χ4n) is 6.61. The maximum absolute atomic E-state index is 13.0. The molecule has 0 radical (unpaired) electrons. The van der Waals surface area contributed by atoms with Crippen molar-refractivity contribution in [3.63, 3.8) is 0 Å². The van der Waals surface area contributed by atoms with E-state index in [0.29, 0.717) is 17.1 Å². The van der Waals surface area contributed by atoms with E-state index in [-0.39, 0.29) is 0 Å². The molecule has 0 aromatic carbocycles. The molecule has 7 heteroatoms. The molecule has 2 bridgehead atoms. The third kappa shape index (κ3) is 3.25. The van der Waals surface area contributed by atoms with E-state index in [1.54, 1.807) is 0 Å². The largest absolute Gasteiger partial charge is 0.338 e. The number of amides is 1. The van der Waals surface area contributed by atoms with Crippen LogP contribution >= 0.6 is 11.9 Å². The zero-order chi connectivity index (χ0) is 19.4. The molecule has 156 valence electrons. The third-order valence-electron chi connectivity index (χ3n) is 8.13. The number of carbonyl (C=O) groups excluding carboxylic acids is 1. The molecule has 29 heavy (non-hydrogen) atoms. The van der Waals surface area contributed by atoms with Gasteiger partial charge in [0, 0.05) is 50.4 Å². The number of carbonyl (C=O) groups is 1. The van der Waals surface area contributed by atoms with Gasteiger partial charge in [-0.05, 0) is 80.3 Å². The molecule has 1 aromatic rings. The molecule has 6 nitrogen and oxygen atoms in total. The van der Waals surface area contributed by atoms with E-state index in [4.69, 9.17) is 0 Å². The van der Waals surface area contributed by atoms with Crippen molar-refractivity contribution >= 4 is 23.8 Å². The van der Waals surface area contributed by atoms with Gasteiger partial charge in [-0.25, -0.2) is 9.97 Å². The first kappa shape index (κ1) is 18.4. The van der Waals surface area contributed by atoms with Crippen molar-refractivity contribution in [1.29, 1.82) is 0 Å². The lowest BCUT2D eigenvalue weighted by Crippen LogP contribution is -2.47. The maximum Gasteiger partial charge on any atom is 0.237 e. The molecule has 1 aromatic heterocycles. The van der Waals surface area contributed by atoms with Crippen LogP contribution in [-0.2, 0) is 4.79 Å². The quantitative estimate of drug-likeness (QED) is 0.528. The van der Waals surface area contributed by atoms with E-state index < -0.39 is 0 Å². The first-order chi connectivity index (χ1) is 14.3. The second-order valence-corrected chi connectivity index (χ2v) is 10.8. The van der Waals surface area contributed by atoms with Crippen LogP contribution in [0.1, 0.15) is 32.1 Å². The summed E-state index contributed by atoms with van der Waals surface area (Å²) >= 11 is 1.93. The van der Waals surface area contributed by atoms with Gasteiger partial charge < -0.3 is 4.90 Å². The molecule has 2 saturated heterocycles. The van der Waals surface area contributed by atoms with Gasteiger partial charge in [-0.3, -0.25) is 14.0 Å². The minimum absolute atomic E-state index is 0.371. The molecule has 6 aliphatic rings. The number of anilines is 1. The van der Waals surface area contributed by atoms with Gasteiger partial charge in [-0.15, -0.1) is 0 Å². The van der Waals surface area contributed by atoms with Gasteiger partial charge in [0.1, 0.15) is 0 Å². The molecule has 1 amide bonds. The first-order valence-electron chi connectivity index (χ1n) is 11.5. The van der Waals surface area contributed by atoms with Crippen molar-refractivity contribution in [3.8, 4) is 0 Å². The van der Waals surface area contributed by atoms with E-state index >= 15 is 0 Å². The second-order valence-electron chi connectivity index (χ2n) is 9.59. The minimum Gasteiger partial charge on any atom is -0.338 e. The van der Waals surface area contributed by atoms with Crippen LogP contribution in [0.2, 0.25) is 0 Å². The van der Waals surface area contributed by atoms with E-state index in [1.807, 2.05) is 30.4 Å². The molecular formula is C22H31N5OS. The Kier molecular flexibility index (Phi) is 4.71. The molecule has 7 rings (SSSR count). The SMILES string of the molecule is O=C1C2C3CCC(C4CC43)C2SN1CCCCN1CCN(c2ncccn2)CC1. The number of fused-ring (bicyclic) bond motifs is 1. The van der Waals surface area contributed by atoms with Crippen molar-refractivity contribution in [2.24, 2.45) is 29.6 Å². The molecule has 6 unspecified atom stereocenters. The van der Waals surface area contributed by atoms with Gasteiger partial charge in [0.05, 0.1) is 5.92 Å². The van der Waals surface area contributed by atoms with E-state index in [0.717, 1.165) is 75.3 Å². The molecule has 6 atom stereocenters. The number of unbranched alkanes of at least 4 members (excludes halogenated alkanes) is 1. The normalized spacial score (nSPS) is 38.3. The molecule has 0 spiro atoms. The predicted molar refractivity (Wildman–Crippen MR) is 114 cm³/mol. The monoisotopic (exact) mass is 413 g/mol. The van der Waals surface area contributed by atoms with Crippen molar-refractivity contribution in [1.82, 2.24) is 19.2 Å². The molecule has 6 fully saturated rings. The highest BCUT2D eigenvalue weighted by Gasteiger charge is 2.66. The standard InChI is InChI=1S/C22H31N5OS/c28-21-19-15-4-5-16(18-14-17(15)18)20(19)29-27(21)9-2-1-8-25-10-12-26(13-11-25)22-23-6-3-7-24-22/h3,6-7,15-20H,1-2,4-5,8-14H2. The number of hydrogen-bond donors (Lipinski definition) is 0. The number of aromatic nitrogens is 2. The fraction of sp³-hybridized carbons (Fsp3) is 0.773. The third-order valence-corrected chi connectivity index (χ3v) is 9.64. The first-order valence-corrected chi connectivity index (χ1v) is 12.4. The number of hydrogen-bond acceptors (Lipinski definition) is 6. The summed E-state index contributed by atoms with van der Waals surface area (Å²) in [6.07, 6.45) is 10.1. The Labute approximate surface area is 177 Å². The van der Waals surface area contributed by atoms with Gasteiger partial charge in [-0.2, -0.15) is 0 Å². The Morgan fingerprint density at radius 2 is 1.66 bits per heavy atom. The number of rotatable bonds is 6. The average Bonchev–Trinajstić information content (AvgIpc) is 3.53. The van der Waals surface area contributed by atoms with E-state index in [9.17, 15) is 4.79 Å². The molecule has 2 aliphatic heterocycles. The van der Waals surface area contributed by atoms with Crippen LogP contribution in [0.3, 0.4) is 0 Å². The molecule has 4 aliphatic carbocycles. The summed E-state index contributed by atoms with van der Waals surface area (Å²) in [5.74, 6) is 5.18. The van der Waals surface area contributed by atoms with E-state index in [2.05, 4.69) is 24.1 Å².